The highest BCUT2D eigenvalue weighted by atomic mass is 32.1. The number of carbonyl (C=O) groups excluding carboxylic acids is 1. The van der Waals surface area contributed by atoms with Crippen LogP contribution in [0.4, 0.5) is 14.5 Å². The van der Waals surface area contributed by atoms with Crippen molar-refractivity contribution < 1.29 is 23.0 Å². The predicted molar refractivity (Wildman–Crippen MR) is 87.5 cm³/mol. The van der Waals surface area contributed by atoms with Gasteiger partial charge in [0.15, 0.2) is 16.6 Å². The summed E-state index contributed by atoms with van der Waals surface area (Å²) in [6.07, 6.45) is 0. The van der Waals surface area contributed by atoms with E-state index in [2.05, 4.69) is 10.6 Å². The van der Waals surface area contributed by atoms with E-state index in [0.29, 0.717) is 36.3 Å². The van der Waals surface area contributed by atoms with Crippen molar-refractivity contribution in [1.82, 2.24) is 5.32 Å². The van der Waals surface area contributed by atoms with Crippen molar-refractivity contribution in [2.75, 3.05) is 18.5 Å². The van der Waals surface area contributed by atoms with E-state index in [4.69, 9.17) is 21.7 Å². The van der Waals surface area contributed by atoms with E-state index in [-0.39, 0.29) is 10.8 Å². The number of carbonyl (C=O) groups is 1. The molecule has 1 aliphatic rings. The van der Waals surface area contributed by atoms with E-state index >= 15 is 0 Å². The van der Waals surface area contributed by atoms with Crippen molar-refractivity contribution >= 4 is 28.9 Å². The van der Waals surface area contributed by atoms with Gasteiger partial charge in [0, 0.05) is 11.6 Å². The lowest BCUT2D eigenvalue weighted by atomic mass is 10.2. The zero-order chi connectivity index (χ0) is 17.1. The van der Waals surface area contributed by atoms with Gasteiger partial charge in [-0.2, -0.15) is 0 Å². The number of hydrogen-bond donors (Lipinski definition) is 2. The van der Waals surface area contributed by atoms with Crippen LogP contribution in [0.25, 0.3) is 0 Å². The molecule has 3 rings (SSSR count). The maximum Gasteiger partial charge on any atom is 0.257 e. The third kappa shape index (κ3) is 3.60. The highest BCUT2D eigenvalue weighted by molar-refractivity contribution is 7.80. The number of hydrogen-bond acceptors (Lipinski definition) is 4. The summed E-state index contributed by atoms with van der Waals surface area (Å²) in [6.45, 7) is 0.859. The Labute approximate surface area is 141 Å². The van der Waals surface area contributed by atoms with Crippen molar-refractivity contribution in [3.63, 3.8) is 0 Å². The topological polar surface area (TPSA) is 59.6 Å². The second-order valence-corrected chi connectivity index (χ2v) is 5.30. The third-order valence-corrected chi connectivity index (χ3v) is 3.41. The van der Waals surface area contributed by atoms with E-state index in [0.717, 1.165) is 6.07 Å². The van der Waals surface area contributed by atoms with Gasteiger partial charge in [-0.3, -0.25) is 10.1 Å². The molecular formula is C16H12F2N2O3S. The molecular weight excluding hydrogens is 338 g/mol. The Kier molecular flexibility index (Phi) is 4.57. The molecule has 1 heterocycles. The molecule has 24 heavy (non-hydrogen) atoms. The first-order valence-electron chi connectivity index (χ1n) is 7.00. The lowest BCUT2D eigenvalue weighted by Crippen LogP contribution is -2.34. The standard InChI is InChI=1S/C16H12F2N2O3S/c17-10-2-3-12(11(18)8-10)19-16(24)20-15(21)9-1-4-13-14(7-9)23-6-5-22-13/h1-4,7-8H,5-6H2,(H2,19,20,21,24). The molecule has 0 saturated heterocycles. The number of ether oxygens (including phenoxy) is 2. The maximum atomic E-state index is 13.6. The van der Waals surface area contributed by atoms with Gasteiger partial charge in [0.05, 0.1) is 5.69 Å². The van der Waals surface area contributed by atoms with Crippen molar-refractivity contribution in [1.29, 1.82) is 0 Å². The largest absolute Gasteiger partial charge is 0.486 e. The molecule has 0 atom stereocenters. The predicted octanol–water partition coefficient (Wildman–Crippen LogP) is 2.86. The summed E-state index contributed by atoms with van der Waals surface area (Å²) in [4.78, 5) is 12.2. The van der Waals surface area contributed by atoms with Gasteiger partial charge < -0.3 is 14.8 Å². The Morgan fingerprint density at radius 1 is 1.04 bits per heavy atom. The van der Waals surface area contributed by atoms with Crippen molar-refractivity contribution in [3.05, 3.63) is 53.6 Å². The second-order valence-electron chi connectivity index (χ2n) is 4.89. The lowest BCUT2D eigenvalue weighted by Gasteiger charge is -2.18. The Hall–Kier alpha value is -2.74. The summed E-state index contributed by atoms with van der Waals surface area (Å²) in [6, 6.07) is 7.70. The Morgan fingerprint density at radius 3 is 2.54 bits per heavy atom. The molecule has 5 nitrogen and oxygen atoms in total. The average molecular weight is 350 g/mol. The van der Waals surface area contributed by atoms with Crippen LogP contribution in [0.2, 0.25) is 0 Å². The normalized spacial score (nSPS) is 12.4. The van der Waals surface area contributed by atoms with Crippen LogP contribution in [0.1, 0.15) is 10.4 Å². The molecule has 0 fully saturated rings. The van der Waals surface area contributed by atoms with Crippen LogP contribution in [0.15, 0.2) is 36.4 Å². The quantitative estimate of drug-likeness (QED) is 0.816. The fourth-order valence-corrected chi connectivity index (χ4v) is 2.31. The van der Waals surface area contributed by atoms with E-state index in [1.54, 1.807) is 12.1 Å². The molecule has 0 aliphatic carbocycles. The number of rotatable bonds is 2. The molecule has 1 amide bonds. The highest BCUT2D eigenvalue weighted by Gasteiger charge is 2.16. The molecule has 2 aromatic carbocycles. The molecule has 0 radical (unpaired) electrons. The van der Waals surface area contributed by atoms with Crippen LogP contribution in [0.3, 0.4) is 0 Å². The van der Waals surface area contributed by atoms with Gasteiger partial charge in [-0.1, -0.05) is 0 Å². The van der Waals surface area contributed by atoms with E-state index in [9.17, 15) is 13.6 Å². The lowest BCUT2D eigenvalue weighted by molar-refractivity contribution is 0.0976. The van der Waals surface area contributed by atoms with Gasteiger partial charge in [0.25, 0.3) is 5.91 Å². The first-order chi connectivity index (χ1) is 11.5. The van der Waals surface area contributed by atoms with Gasteiger partial charge in [-0.15, -0.1) is 0 Å². The molecule has 8 heteroatoms. The van der Waals surface area contributed by atoms with Crippen molar-refractivity contribution in [2.45, 2.75) is 0 Å². The average Bonchev–Trinajstić information content (AvgIpc) is 2.57. The minimum Gasteiger partial charge on any atom is -0.486 e. The second kappa shape index (κ2) is 6.79. The monoisotopic (exact) mass is 350 g/mol. The molecule has 124 valence electrons. The summed E-state index contributed by atoms with van der Waals surface area (Å²) in [7, 11) is 0. The zero-order valence-electron chi connectivity index (χ0n) is 12.3. The molecule has 0 aromatic heterocycles. The minimum absolute atomic E-state index is 0.0381. The number of benzene rings is 2. The molecule has 1 aliphatic heterocycles. The van der Waals surface area contributed by atoms with E-state index in [1.807, 2.05) is 0 Å². The minimum atomic E-state index is -0.814. The molecule has 2 N–H and O–H groups in total. The van der Waals surface area contributed by atoms with Crippen LogP contribution in [0, 0.1) is 11.6 Å². The number of thiocarbonyl (C=S) groups is 1. The van der Waals surface area contributed by atoms with Crippen molar-refractivity contribution in [3.8, 4) is 11.5 Å². The highest BCUT2D eigenvalue weighted by Crippen LogP contribution is 2.30. The van der Waals surface area contributed by atoms with Crippen LogP contribution in [-0.4, -0.2) is 24.2 Å². The molecule has 0 saturated carbocycles. The fourth-order valence-electron chi connectivity index (χ4n) is 2.10. The maximum absolute atomic E-state index is 13.6. The van der Waals surface area contributed by atoms with Gasteiger partial charge >= 0.3 is 0 Å². The van der Waals surface area contributed by atoms with Crippen molar-refractivity contribution in [2.24, 2.45) is 0 Å². The van der Waals surface area contributed by atoms with Crippen LogP contribution in [0.5, 0.6) is 11.5 Å². The van der Waals surface area contributed by atoms with E-state index in [1.165, 1.54) is 12.1 Å². The van der Waals surface area contributed by atoms with Gasteiger partial charge in [0.2, 0.25) is 0 Å². The summed E-state index contributed by atoms with van der Waals surface area (Å²) in [5.41, 5.74) is 0.270. The molecule has 0 unspecified atom stereocenters. The Bertz CT molecular complexity index is 814. The third-order valence-electron chi connectivity index (χ3n) is 3.21. The number of fused-ring (bicyclic) bond motifs is 1. The summed E-state index contributed by atoms with van der Waals surface area (Å²) in [5.74, 6) is -0.980. The first kappa shape index (κ1) is 16.1. The Morgan fingerprint density at radius 2 is 1.79 bits per heavy atom. The van der Waals surface area contributed by atoms with Gasteiger partial charge in [-0.25, -0.2) is 8.78 Å². The number of amides is 1. The number of halogens is 2. The first-order valence-corrected chi connectivity index (χ1v) is 7.41. The van der Waals surface area contributed by atoms with Gasteiger partial charge in [0.1, 0.15) is 24.8 Å². The number of anilines is 1. The summed E-state index contributed by atoms with van der Waals surface area (Å²) in [5, 5.41) is 4.81. The van der Waals surface area contributed by atoms with Gasteiger partial charge in [-0.05, 0) is 42.5 Å². The SMILES string of the molecule is O=C(NC(=S)Nc1ccc(F)cc1F)c1ccc2c(c1)OCCO2. The van der Waals surface area contributed by atoms with E-state index < -0.39 is 17.5 Å². The molecule has 0 bridgehead atoms. The fraction of sp³-hybridized carbons (Fsp3) is 0.125. The number of nitrogens with one attached hydrogen (secondary N) is 2. The molecule has 2 aromatic rings. The van der Waals surface area contributed by atoms with Crippen LogP contribution >= 0.6 is 12.2 Å². The molecule has 0 spiro atoms. The smallest absolute Gasteiger partial charge is 0.257 e. The van der Waals surface area contributed by atoms with Crippen LogP contribution < -0.4 is 20.1 Å². The Balaban J connectivity index is 1.67. The summed E-state index contributed by atoms with van der Waals surface area (Å²) >= 11 is 4.97. The zero-order valence-corrected chi connectivity index (χ0v) is 13.1. The van der Waals surface area contributed by atoms with Crippen LogP contribution in [-0.2, 0) is 0 Å². The summed E-state index contributed by atoms with van der Waals surface area (Å²) < 4.78 is 37.2.